The minimum Gasteiger partial charge on any atom is -0.481 e. The highest BCUT2D eigenvalue weighted by molar-refractivity contribution is 5.89. The third kappa shape index (κ3) is 3.48. The molecule has 1 aliphatic carbocycles. The normalized spacial score (nSPS) is 19.1. The Morgan fingerprint density at radius 2 is 1.96 bits per heavy atom. The molecule has 6 nitrogen and oxygen atoms in total. The predicted molar refractivity (Wildman–Crippen MR) is 89.0 cm³/mol. The summed E-state index contributed by atoms with van der Waals surface area (Å²) in [6, 6.07) is 10.1. The number of rotatable bonds is 6. The highest BCUT2D eigenvalue weighted by Crippen LogP contribution is 2.38. The second-order valence-corrected chi connectivity index (χ2v) is 6.33. The summed E-state index contributed by atoms with van der Waals surface area (Å²) >= 11 is 0. The molecule has 6 heteroatoms. The lowest BCUT2D eigenvalue weighted by Crippen LogP contribution is -2.28. The van der Waals surface area contributed by atoms with Crippen LogP contribution >= 0.6 is 0 Å². The molecular weight excluding hydrogens is 306 g/mol. The molecule has 2 N–H and O–H groups in total. The van der Waals surface area contributed by atoms with Crippen molar-refractivity contribution in [1.29, 1.82) is 0 Å². The van der Waals surface area contributed by atoms with E-state index >= 15 is 0 Å². The summed E-state index contributed by atoms with van der Waals surface area (Å²) < 4.78 is 1.90. The molecule has 1 aromatic carbocycles. The molecule has 0 radical (unpaired) electrons. The maximum absolute atomic E-state index is 11.8. The van der Waals surface area contributed by atoms with Crippen molar-refractivity contribution in [1.82, 2.24) is 15.1 Å². The molecule has 0 unspecified atom stereocenters. The topological polar surface area (TPSA) is 84.2 Å². The smallest absolute Gasteiger partial charge is 0.307 e. The van der Waals surface area contributed by atoms with Crippen molar-refractivity contribution in [3.05, 3.63) is 47.3 Å². The van der Waals surface area contributed by atoms with Crippen LogP contribution in [-0.4, -0.2) is 33.3 Å². The van der Waals surface area contributed by atoms with E-state index < -0.39 is 11.9 Å². The van der Waals surface area contributed by atoms with E-state index in [9.17, 15) is 9.59 Å². The largest absolute Gasteiger partial charge is 0.481 e. The van der Waals surface area contributed by atoms with E-state index in [0.717, 1.165) is 22.6 Å². The first-order valence-electron chi connectivity index (χ1n) is 8.09. The van der Waals surface area contributed by atoms with Gasteiger partial charge in [0.2, 0.25) is 5.91 Å². The maximum Gasteiger partial charge on any atom is 0.307 e. The van der Waals surface area contributed by atoms with Crippen LogP contribution in [0.2, 0.25) is 0 Å². The van der Waals surface area contributed by atoms with Crippen LogP contribution in [0.3, 0.4) is 0 Å². The summed E-state index contributed by atoms with van der Waals surface area (Å²) in [5.41, 5.74) is 4.20. The average molecular weight is 327 g/mol. The van der Waals surface area contributed by atoms with Crippen LogP contribution in [-0.2, 0) is 16.0 Å². The number of aromatic nitrogens is 2. The van der Waals surface area contributed by atoms with Gasteiger partial charge in [0.05, 0.1) is 23.2 Å². The van der Waals surface area contributed by atoms with E-state index in [1.165, 1.54) is 0 Å². The molecule has 2 aromatic rings. The molecule has 0 spiro atoms. The monoisotopic (exact) mass is 327 g/mol. The molecule has 126 valence electrons. The Morgan fingerprint density at radius 1 is 1.25 bits per heavy atom. The first-order valence-corrected chi connectivity index (χ1v) is 8.09. The number of aryl methyl sites for hydroxylation is 2. The lowest BCUT2D eigenvalue weighted by molar-refractivity contribution is -0.140. The summed E-state index contributed by atoms with van der Waals surface area (Å²) in [5, 5.41) is 16.1. The number of benzene rings is 1. The van der Waals surface area contributed by atoms with Crippen LogP contribution in [0.4, 0.5) is 0 Å². The Morgan fingerprint density at radius 3 is 2.50 bits per heavy atom. The molecule has 0 saturated heterocycles. The molecule has 1 aliphatic rings. The lowest BCUT2D eigenvalue weighted by Gasteiger charge is -2.07. The van der Waals surface area contributed by atoms with Crippen LogP contribution in [0, 0.1) is 25.7 Å². The zero-order valence-corrected chi connectivity index (χ0v) is 13.8. The number of carbonyl (C=O) groups excluding carboxylic acids is 1. The molecular formula is C18H21N3O3. The number of aliphatic carboxylic acids is 1. The van der Waals surface area contributed by atoms with Crippen molar-refractivity contribution >= 4 is 11.9 Å². The Balaban J connectivity index is 1.51. The highest BCUT2D eigenvalue weighted by atomic mass is 16.4. The Hall–Kier alpha value is -2.63. The van der Waals surface area contributed by atoms with Crippen molar-refractivity contribution in [3.63, 3.8) is 0 Å². The van der Waals surface area contributed by atoms with E-state index in [4.69, 9.17) is 5.11 Å². The molecule has 0 bridgehead atoms. The molecule has 0 aliphatic heterocycles. The quantitative estimate of drug-likeness (QED) is 0.848. The molecule has 1 aromatic heterocycles. The van der Waals surface area contributed by atoms with E-state index in [0.29, 0.717) is 19.4 Å². The van der Waals surface area contributed by atoms with Gasteiger partial charge in [-0.15, -0.1) is 0 Å². The standard InChI is InChI=1S/C18H21N3O3/c1-11-9-12(2)21(20-11)14-5-3-13(4-6-14)7-8-19-17(22)15-10-16(15)18(23)24/h3-6,9,15-16H,7-8,10H2,1-2H3,(H,19,22)(H,23,24)/t15-,16-/m0/s1. The van der Waals surface area contributed by atoms with E-state index in [2.05, 4.69) is 10.4 Å². The fraction of sp³-hybridized carbons (Fsp3) is 0.389. The fourth-order valence-corrected chi connectivity index (χ4v) is 2.91. The summed E-state index contributed by atoms with van der Waals surface area (Å²) in [7, 11) is 0. The van der Waals surface area contributed by atoms with Gasteiger partial charge in [-0.05, 0) is 50.5 Å². The van der Waals surface area contributed by atoms with Crippen LogP contribution in [0.15, 0.2) is 30.3 Å². The summed E-state index contributed by atoms with van der Waals surface area (Å²) in [6.45, 7) is 4.50. The van der Waals surface area contributed by atoms with Crippen LogP contribution in [0.5, 0.6) is 0 Å². The summed E-state index contributed by atoms with van der Waals surface area (Å²) in [5.74, 6) is -1.88. The average Bonchev–Trinajstić information content (AvgIpc) is 3.28. The summed E-state index contributed by atoms with van der Waals surface area (Å²) in [4.78, 5) is 22.6. The number of amides is 1. The maximum atomic E-state index is 11.8. The SMILES string of the molecule is Cc1cc(C)n(-c2ccc(CCNC(=O)[C@H]3C[C@@H]3C(=O)O)cc2)n1. The minimum absolute atomic E-state index is 0.151. The molecule has 3 rings (SSSR count). The lowest BCUT2D eigenvalue weighted by atomic mass is 10.1. The van der Waals surface area contributed by atoms with E-state index in [1.807, 2.05) is 48.9 Å². The molecule has 1 amide bonds. The van der Waals surface area contributed by atoms with Crippen molar-refractivity contribution in [2.24, 2.45) is 11.8 Å². The third-order valence-corrected chi connectivity index (χ3v) is 4.35. The highest BCUT2D eigenvalue weighted by Gasteiger charge is 2.48. The fourth-order valence-electron chi connectivity index (χ4n) is 2.91. The van der Waals surface area contributed by atoms with Crippen molar-refractivity contribution < 1.29 is 14.7 Å². The van der Waals surface area contributed by atoms with E-state index in [-0.39, 0.29) is 11.8 Å². The molecule has 1 fully saturated rings. The molecule has 1 heterocycles. The van der Waals surface area contributed by atoms with Crippen molar-refractivity contribution in [2.45, 2.75) is 26.7 Å². The van der Waals surface area contributed by atoms with Gasteiger partial charge in [0.1, 0.15) is 0 Å². The third-order valence-electron chi connectivity index (χ3n) is 4.35. The Kier molecular flexibility index (Phi) is 4.38. The second kappa shape index (κ2) is 6.47. The molecule has 24 heavy (non-hydrogen) atoms. The number of carboxylic acids is 1. The number of nitrogens with zero attached hydrogens (tertiary/aromatic N) is 2. The van der Waals surface area contributed by atoms with Gasteiger partial charge in [-0.3, -0.25) is 9.59 Å². The van der Waals surface area contributed by atoms with Gasteiger partial charge in [-0.25, -0.2) is 4.68 Å². The Bertz CT molecular complexity index is 764. The Labute approximate surface area is 140 Å². The first-order chi connectivity index (χ1) is 11.5. The van der Waals surface area contributed by atoms with Crippen molar-refractivity contribution in [2.75, 3.05) is 6.54 Å². The van der Waals surface area contributed by atoms with Gasteiger partial charge in [-0.1, -0.05) is 12.1 Å². The minimum atomic E-state index is -0.880. The first kappa shape index (κ1) is 16.2. The van der Waals surface area contributed by atoms with Gasteiger partial charge in [0, 0.05) is 12.2 Å². The van der Waals surface area contributed by atoms with Crippen LogP contribution in [0.25, 0.3) is 5.69 Å². The van der Waals surface area contributed by atoms with Gasteiger partial charge >= 0.3 is 5.97 Å². The predicted octanol–water partition coefficient (Wildman–Crippen LogP) is 1.87. The van der Waals surface area contributed by atoms with Crippen LogP contribution in [0.1, 0.15) is 23.4 Å². The number of carbonyl (C=O) groups is 2. The zero-order valence-electron chi connectivity index (χ0n) is 13.8. The molecule has 1 saturated carbocycles. The van der Waals surface area contributed by atoms with E-state index in [1.54, 1.807) is 0 Å². The van der Waals surface area contributed by atoms with Gasteiger partial charge in [0.15, 0.2) is 0 Å². The summed E-state index contributed by atoms with van der Waals surface area (Å²) in [6.07, 6.45) is 1.17. The van der Waals surface area contributed by atoms with Gasteiger partial charge in [-0.2, -0.15) is 5.10 Å². The number of carboxylic acid groups (broad SMARTS) is 1. The number of nitrogens with one attached hydrogen (secondary N) is 1. The number of hydrogen-bond acceptors (Lipinski definition) is 3. The zero-order chi connectivity index (χ0) is 17.3. The number of hydrogen-bond donors (Lipinski definition) is 2. The van der Waals surface area contributed by atoms with Gasteiger partial charge in [0.25, 0.3) is 0 Å². The second-order valence-electron chi connectivity index (χ2n) is 6.33. The van der Waals surface area contributed by atoms with Crippen molar-refractivity contribution in [3.8, 4) is 5.69 Å². The molecule has 2 atom stereocenters. The van der Waals surface area contributed by atoms with Crippen LogP contribution < -0.4 is 5.32 Å². The van der Waals surface area contributed by atoms with Gasteiger partial charge < -0.3 is 10.4 Å².